The summed E-state index contributed by atoms with van der Waals surface area (Å²) in [6.07, 6.45) is 0.856. The van der Waals surface area contributed by atoms with Crippen LogP contribution in [0.5, 0.6) is 0 Å². The van der Waals surface area contributed by atoms with Crippen molar-refractivity contribution in [2.75, 3.05) is 5.32 Å². The number of amides is 1. The molecule has 18 heavy (non-hydrogen) atoms. The summed E-state index contributed by atoms with van der Waals surface area (Å²) in [7, 11) is 0. The van der Waals surface area contributed by atoms with Gasteiger partial charge in [0, 0.05) is 5.69 Å². The average molecular weight is 300 g/mol. The second kappa shape index (κ2) is 5.74. The molecule has 1 aromatic carbocycles. The Labute approximate surface area is 120 Å². The molecular formula is C13H11Cl2NOS. The van der Waals surface area contributed by atoms with E-state index in [0.29, 0.717) is 14.2 Å². The van der Waals surface area contributed by atoms with Crippen LogP contribution in [0.3, 0.4) is 0 Å². The van der Waals surface area contributed by atoms with Gasteiger partial charge < -0.3 is 5.32 Å². The first-order valence-corrected chi connectivity index (χ1v) is 7.03. The third kappa shape index (κ3) is 2.86. The van der Waals surface area contributed by atoms with Crippen molar-refractivity contribution in [3.05, 3.63) is 50.1 Å². The molecule has 0 aliphatic heterocycles. The summed E-state index contributed by atoms with van der Waals surface area (Å²) in [5.74, 6) is -0.232. The summed E-state index contributed by atoms with van der Waals surface area (Å²) in [4.78, 5) is 12.1. The van der Waals surface area contributed by atoms with Crippen molar-refractivity contribution < 1.29 is 4.79 Å². The summed E-state index contributed by atoms with van der Waals surface area (Å²) in [5, 5.41) is 2.86. The van der Waals surface area contributed by atoms with E-state index < -0.39 is 0 Å². The fourth-order valence-corrected chi connectivity index (χ4v) is 3.09. The van der Waals surface area contributed by atoms with E-state index in [1.165, 1.54) is 11.3 Å². The van der Waals surface area contributed by atoms with Gasteiger partial charge in [-0.2, -0.15) is 0 Å². The zero-order chi connectivity index (χ0) is 13.1. The molecule has 0 atom stereocenters. The van der Waals surface area contributed by atoms with E-state index in [9.17, 15) is 4.79 Å². The van der Waals surface area contributed by atoms with Crippen LogP contribution in [-0.2, 0) is 6.42 Å². The van der Waals surface area contributed by atoms with E-state index in [1.54, 1.807) is 6.07 Å². The van der Waals surface area contributed by atoms with Crippen LogP contribution in [0.25, 0.3) is 0 Å². The van der Waals surface area contributed by atoms with Gasteiger partial charge in [0.15, 0.2) is 0 Å². The molecule has 1 N–H and O–H groups in total. The Hall–Kier alpha value is -1.03. The standard InChI is InChI=1S/C13H11Cl2NOS/c1-2-8-5-3-4-6-10(8)16-13(17)9-7-11(14)18-12(9)15/h3-7H,2H2,1H3,(H,16,17). The lowest BCUT2D eigenvalue weighted by Crippen LogP contribution is -2.12. The van der Waals surface area contributed by atoms with Gasteiger partial charge >= 0.3 is 0 Å². The number of nitrogens with one attached hydrogen (secondary N) is 1. The summed E-state index contributed by atoms with van der Waals surface area (Å²) in [6, 6.07) is 9.27. The number of anilines is 1. The Bertz CT molecular complexity index is 580. The normalized spacial score (nSPS) is 10.4. The van der Waals surface area contributed by atoms with Crippen LogP contribution in [0.2, 0.25) is 8.67 Å². The van der Waals surface area contributed by atoms with Gasteiger partial charge in [0.1, 0.15) is 4.34 Å². The lowest BCUT2D eigenvalue weighted by Gasteiger charge is -2.08. The number of hydrogen-bond donors (Lipinski definition) is 1. The smallest absolute Gasteiger partial charge is 0.258 e. The molecule has 0 aliphatic rings. The minimum atomic E-state index is -0.232. The molecule has 2 rings (SSSR count). The number of thiophene rings is 1. The predicted octanol–water partition coefficient (Wildman–Crippen LogP) is 4.87. The average Bonchev–Trinajstić information content (AvgIpc) is 2.69. The zero-order valence-electron chi connectivity index (χ0n) is 9.67. The number of carbonyl (C=O) groups excluding carboxylic acids is 1. The summed E-state index contributed by atoms with van der Waals surface area (Å²) in [6.45, 7) is 2.04. The van der Waals surface area contributed by atoms with E-state index in [1.807, 2.05) is 31.2 Å². The van der Waals surface area contributed by atoms with Gasteiger partial charge in [0.05, 0.1) is 9.90 Å². The molecule has 0 aliphatic carbocycles. The van der Waals surface area contributed by atoms with E-state index in [0.717, 1.165) is 17.7 Å². The summed E-state index contributed by atoms with van der Waals surface area (Å²) >= 11 is 13.0. The quantitative estimate of drug-likeness (QED) is 0.861. The fraction of sp³-hybridized carbons (Fsp3) is 0.154. The Morgan fingerprint density at radius 2 is 2.06 bits per heavy atom. The zero-order valence-corrected chi connectivity index (χ0v) is 12.0. The van der Waals surface area contributed by atoms with Gasteiger partial charge in [-0.3, -0.25) is 4.79 Å². The van der Waals surface area contributed by atoms with Crippen molar-refractivity contribution in [3.8, 4) is 0 Å². The molecule has 2 nitrogen and oxygen atoms in total. The van der Waals surface area contributed by atoms with Gasteiger partial charge in [0.2, 0.25) is 0 Å². The molecule has 0 unspecified atom stereocenters. The fourth-order valence-electron chi connectivity index (χ4n) is 1.64. The van der Waals surface area contributed by atoms with Gasteiger partial charge in [-0.15, -0.1) is 11.3 Å². The maximum absolute atomic E-state index is 12.1. The first-order chi connectivity index (χ1) is 8.61. The molecule has 0 fully saturated rings. The highest BCUT2D eigenvalue weighted by Gasteiger charge is 2.15. The number of carbonyl (C=O) groups is 1. The SMILES string of the molecule is CCc1ccccc1NC(=O)c1cc(Cl)sc1Cl. The largest absolute Gasteiger partial charge is 0.322 e. The molecule has 1 heterocycles. The maximum atomic E-state index is 12.1. The third-order valence-corrected chi connectivity index (χ3v) is 4.04. The molecule has 0 radical (unpaired) electrons. The molecule has 2 aromatic rings. The number of benzene rings is 1. The van der Waals surface area contributed by atoms with Crippen LogP contribution >= 0.6 is 34.5 Å². The second-order valence-electron chi connectivity index (χ2n) is 3.70. The van der Waals surface area contributed by atoms with Gasteiger partial charge in [-0.1, -0.05) is 48.3 Å². The van der Waals surface area contributed by atoms with Crippen LogP contribution in [0.15, 0.2) is 30.3 Å². The van der Waals surface area contributed by atoms with Crippen molar-refractivity contribution in [2.24, 2.45) is 0 Å². The monoisotopic (exact) mass is 299 g/mol. The van der Waals surface area contributed by atoms with Crippen molar-refractivity contribution in [1.29, 1.82) is 0 Å². The van der Waals surface area contributed by atoms with Crippen molar-refractivity contribution in [2.45, 2.75) is 13.3 Å². The molecule has 0 saturated heterocycles. The number of hydrogen-bond acceptors (Lipinski definition) is 2. The van der Waals surface area contributed by atoms with Crippen LogP contribution in [0, 0.1) is 0 Å². The molecule has 5 heteroatoms. The summed E-state index contributed by atoms with van der Waals surface area (Å²) < 4.78 is 0.917. The van der Waals surface area contributed by atoms with E-state index in [4.69, 9.17) is 23.2 Å². The van der Waals surface area contributed by atoms with Crippen LogP contribution < -0.4 is 5.32 Å². The Morgan fingerprint density at radius 3 is 2.67 bits per heavy atom. The lowest BCUT2D eigenvalue weighted by molar-refractivity contribution is 0.102. The predicted molar refractivity (Wildman–Crippen MR) is 78.1 cm³/mol. The highest BCUT2D eigenvalue weighted by Crippen LogP contribution is 2.31. The van der Waals surface area contributed by atoms with Crippen LogP contribution in [0.4, 0.5) is 5.69 Å². The number of para-hydroxylation sites is 1. The molecule has 0 saturated carbocycles. The number of halogens is 2. The highest BCUT2D eigenvalue weighted by molar-refractivity contribution is 7.20. The Kier molecular flexibility index (Phi) is 4.27. The lowest BCUT2D eigenvalue weighted by atomic mass is 10.1. The van der Waals surface area contributed by atoms with E-state index in [-0.39, 0.29) is 5.91 Å². The minimum absolute atomic E-state index is 0.232. The molecular weight excluding hydrogens is 289 g/mol. The summed E-state index contributed by atoms with van der Waals surface area (Å²) in [5.41, 5.74) is 2.31. The van der Waals surface area contributed by atoms with E-state index >= 15 is 0 Å². The number of aryl methyl sites for hydroxylation is 1. The molecule has 0 spiro atoms. The van der Waals surface area contributed by atoms with Crippen molar-refractivity contribution in [3.63, 3.8) is 0 Å². The molecule has 0 bridgehead atoms. The number of rotatable bonds is 3. The molecule has 94 valence electrons. The molecule has 1 aromatic heterocycles. The maximum Gasteiger partial charge on any atom is 0.258 e. The topological polar surface area (TPSA) is 29.1 Å². The third-order valence-electron chi connectivity index (χ3n) is 2.55. The van der Waals surface area contributed by atoms with Gasteiger partial charge in [-0.05, 0) is 24.1 Å². The first kappa shape index (κ1) is 13.4. The van der Waals surface area contributed by atoms with E-state index in [2.05, 4.69) is 5.32 Å². The molecule has 1 amide bonds. The minimum Gasteiger partial charge on any atom is -0.322 e. The van der Waals surface area contributed by atoms with Gasteiger partial charge in [-0.25, -0.2) is 0 Å². The second-order valence-corrected chi connectivity index (χ2v) is 5.99. The highest BCUT2D eigenvalue weighted by atomic mass is 35.5. The van der Waals surface area contributed by atoms with Crippen molar-refractivity contribution >= 4 is 46.1 Å². The van der Waals surface area contributed by atoms with Gasteiger partial charge in [0.25, 0.3) is 5.91 Å². The van der Waals surface area contributed by atoms with Crippen LogP contribution in [0.1, 0.15) is 22.8 Å². The van der Waals surface area contributed by atoms with Crippen molar-refractivity contribution in [1.82, 2.24) is 0 Å². The Balaban J connectivity index is 2.24. The first-order valence-electron chi connectivity index (χ1n) is 5.46. The Morgan fingerprint density at radius 1 is 1.33 bits per heavy atom. The van der Waals surface area contributed by atoms with Crippen LogP contribution in [-0.4, -0.2) is 5.91 Å².